The summed E-state index contributed by atoms with van der Waals surface area (Å²) in [7, 11) is 0. The number of aromatic nitrogens is 3. The van der Waals surface area contributed by atoms with Gasteiger partial charge in [0.25, 0.3) is 0 Å². The van der Waals surface area contributed by atoms with Gasteiger partial charge in [0, 0.05) is 5.69 Å². The molecule has 1 N–H and O–H groups in total. The van der Waals surface area contributed by atoms with E-state index in [-0.39, 0.29) is 26.2 Å². The second-order valence-electron chi connectivity index (χ2n) is 5.42. The van der Waals surface area contributed by atoms with Gasteiger partial charge in [0.15, 0.2) is 0 Å². The van der Waals surface area contributed by atoms with Gasteiger partial charge >= 0.3 is 23.2 Å². The lowest BCUT2D eigenvalue weighted by Gasteiger charge is -2.12. The molecule has 1 aromatic carbocycles. The first-order chi connectivity index (χ1) is 13.0. The number of hydrogen-bond acceptors (Lipinski definition) is 5. The highest BCUT2D eigenvalue weighted by atomic mass is 16.5. The third kappa shape index (κ3) is 4.72. The van der Waals surface area contributed by atoms with Crippen molar-refractivity contribution in [3.05, 3.63) is 87.1 Å². The van der Waals surface area contributed by atoms with Gasteiger partial charge in [0.2, 0.25) is 0 Å². The number of ether oxygens (including phenoxy) is 1. The molecule has 27 heavy (non-hydrogen) atoms. The average Bonchev–Trinajstić information content (AvgIpc) is 2.66. The number of allylic oxidation sites excluding steroid dienone is 2. The largest absolute Gasteiger partial charge is 0.447 e. The van der Waals surface area contributed by atoms with Crippen molar-refractivity contribution in [3.63, 3.8) is 0 Å². The molecule has 0 radical (unpaired) electrons. The normalized spacial score (nSPS) is 10.2. The van der Waals surface area contributed by atoms with E-state index >= 15 is 0 Å². The Balaban J connectivity index is 2.18. The molecular formula is C18H20N4O5. The Labute approximate surface area is 154 Å². The Morgan fingerprint density at radius 2 is 1.44 bits per heavy atom. The SMILES string of the molecule is C=CCn1c(=O)n(CC=C)c(=O)n(CCOC(=O)Nc2ccccc2)c1=O. The number of para-hydroxylation sites is 1. The topological polar surface area (TPSA) is 104 Å². The summed E-state index contributed by atoms with van der Waals surface area (Å²) in [5, 5.41) is 2.52. The molecule has 0 bridgehead atoms. The molecule has 2 aromatic rings. The van der Waals surface area contributed by atoms with Crippen LogP contribution in [0.2, 0.25) is 0 Å². The van der Waals surface area contributed by atoms with Gasteiger partial charge in [-0.25, -0.2) is 32.9 Å². The molecular weight excluding hydrogens is 352 g/mol. The van der Waals surface area contributed by atoms with Crippen LogP contribution in [0.4, 0.5) is 10.5 Å². The van der Waals surface area contributed by atoms with Crippen LogP contribution >= 0.6 is 0 Å². The number of amides is 1. The number of anilines is 1. The zero-order valence-corrected chi connectivity index (χ0v) is 14.7. The summed E-state index contributed by atoms with van der Waals surface area (Å²) < 4.78 is 7.60. The van der Waals surface area contributed by atoms with Gasteiger partial charge in [-0.15, -0.1) is 13.2 Å². The smallest absolute Gasteiger partial charge is 0.411 e. The van der Waals surface area contributed by atoms with Crippen LogP contribution in [0.25, 0.3) is 0 Å². The zero-order chi connectivity index (χ0) is 19.8. The van der Waals surface area contributed by atoms with Crippen LogP contribution < -0.4 is 22.4 Å². The molecule has 0 saturated heterocycles. The van der Waals surface area contributed by atoms with Crippen molar-refractivity contribution in [2.24, 2.45) is 0 Å². The maximum Gasteiger partial charge on any atom is 0.411 e. The molecule has 2 rings (SSSR count). The van der Waals surface area contributed by atoms with Crippen molar-refractivity contribution < 1.29 is 9.53 Å². The monoisotopic (exact) mass is 372 g/mol. The molecule has 9 nitrogen and oxygen atoms in total. The molecule has 0 unspecified atom stereocenters. The van der Waals surface area contributed by atoms with Crippen LogP contribution in [0, 0.1) is 0 Å². The number of nitrogens with one attached hydrogen (secondary N) is 1. The van der Waals surface area contributed by atoms with Gasteiger partial charge in [-0.2, -0.15) is 0 Å². The van der Waals surface area contributed by atoms with Crippen molar-refractivity contribution in [1.29, 1.82) is 0 Å². The molecule has 0 spiro atoms. The number of carbonyl (C=O) groups excluding carboxylic acids is 1. The highest BCUT2D eigenvalue weighted by Gasteiger charge is 2.14. The minimum Gasteiger partial charge on any atom is -0.447 e. The van der Waals surface area contributed by atoms with Gasteiger partial charge in [-0.3, -0.25) is 5.32 Å². The molecule has 0 saturated carbocycles. The molecule has 0 aliphatic carbocycles. The van der Waals surface area contributed by atoms with Crippen LogP contribution in [-0.2, 0) is 24.4 Å². The average molecular weight is 372 g/mol. The van der Waals surface area contributed by atoms with Crippen LogP contribution in [-0.4, -0.2) is 26.4 Å². The number of carbonyl (C=O) groups is 1. The second-order valence-corrected chi connectivity index (χ2v) is 5.42. The van der Waals surface area contributed by atoms with E-state index in [1.54, 1.807) is 30.3 Å². The van der Waals surface area contributed by atoms with Gasteiger partial charge in [0.05, 0.1) is 19.6 Å². The molecule has 9 heteroatoms. The molecule has 0 atom stereocenters. The van der Waals surface area contributed by atoms with E-state index in [2.05, 4.69) is 18.5 Å². The van der Waals surface area contributed by atoms with E-state index in [1.807, 2.05) is 0 Å². The van der Waals surface area contributed by atoms with Crippen LogP contribution in [0.3, 0.4) is 0 Å². The quantitative estimate of drug-likeness (QED) is 0.690. The summed E-state index contributed by atoms with van der Waals surface area (Å²) in [6, 6.07) is 8.67. The number of rotatable bonds is 8. The minimum absolute atomic E-state index is 0.0512. The Morgan fingerprint density at radius 1 is 0.926 bits per heavy atom. The number of benzene rings is 1. The van der Waals surface area contributed by atoms with Gasteiger partial charge in [0.1, 0.15) is 6.61 Å². The third-order valence-corrected chi connectivity index (χ3v) is 3.58. The van der Waals surface area contributed by atoms with E-state index in [4.69, 9.17) is 4.74 Å². The van der Waals surface area contributed by atoms with E-state index in [9.17, 15) is 19.2 Å². The van der Waals surface area contributed by atoms with Gasteiger partial charge < -0.3 is 4.74 Å². The van der Waals surface area contributed by atoms with Gasteiger partial charge in [-0.05, 0) is 12.1 Å². The maximum atomic E-state index is 12.4. The molecule has 1 heterocycles. The third-order valence-electron chi connectivity index (χ3n) is 3.58. The van der Waals surface area contributed by atoms with Gasteiger partial charge in [-0.1, -0.05) is 30.4 Å². The minimum atomic E-state index is -0.794. The van der Waals surface area contributed by atoms with E-state index in [0.29, 0.717) is 5.69 Å². The fourth-order valence-electron chi connectivity index (χ4n) is 2.35. The molecule has 1 amide bonds. The lowest BCUT2D eigenvalue weighted by molar-refractivity contribution is 0.155. The van der Waals surface area contributed by atoms with E-state index < -0.39 is 23.2 Å². The zero-order valence-electron chi connectivity index (χ0n) is 14.7. The van der Waals surface area contributed by atoms with E-state index in [1.165, 1.54) is 12.2 Å². The number of nitrogens with zero attached hydrogens (tertiary/aromatic N) is 3. The lowest BCUT2D eigenvalue weighted by Crippen LogP contribution is -2.54. The maximum absolute atomic E-state index is 12.4. The van der Waals surface area contributed by atoms with Crippen molar-refractivity contribution in [1.82, 2.24) is 13.7 Å². The highest BCUT2D eigenvalue weighted by Crippen LogP contribution is 2.05. The highest BCUT2D eigenvalue weighted by molar-refractivity contribution is 5.84. The molecule has 0 aliphatic rings. The predicted molar refractivity (Wildman–Crippen MR) is 101 cm³/mol. The predicted octanol–water partition coefficient (Wildman–Crippen LogP) is 0.792. The Bertz CT molecular complexity index is 953. The fraction of sp³-hybridized carbons (Fsp3) is 0.222. The summed E-state index contributed by atoms with van der Waals surface area (Å²) in [6.45, 7) is 6.47. The summed E-state index contributed by atoms with van der Waals surface area (Å²) in [5.74, 6) is 0. The lowest BCUT2D eigenvalue weighted by atomic mass is 10.3. The van der Waals surface area contributed by atoms with Crippen LogP contribution in [0.1, 0.15) is 0 Å². The Kier molecular flexibility index (Phi) is 6.70. The van der Waals surface area contributed by atoms with Crippen LogP contribution in [0.15, 0.2) is 70.0 Å². The Morgan fingerprint density at radius 3 is 1.96 bits per heavy atom. The first kappa shape index (κ1) is 19.7. The van der Waals surface area contributed by atoms with Crippen molar-refractivity contribution in [2.45, 2.75) is 19.6 Å². The number of hydrogen-bond donors (Lipinski definition) is 1. The summed E-state index contributed by atoms with van der Waals surface area (Å²) in [4.78, 5) is 48.8. The molecule has 0 fully saturated rings. The van der Waals surface area contributed by atoms with E-state index in [0.717, 1.165) is 13.7 Å². The first-order valence-corrected chi connectivity index (χ1v) is 8.14. The Hall–Kier alpha value is -3.62. The summed E-state index contributed by atoms with van der Waals surface area (Å²) >= 11 is 0. The van der Waals surface area contributed by atoms with Crippen molar-refractivity contribution in [3.8, 4) is 0 Å². The molecule has 142 valence electrons. The van der Waals surface area contributed by atoms with Crippen molar-refractivity contribution in [2.75, 3.05) is 11.9 Å². The molecule has 0 aliphatic heterocycles. The second kappa shape index (κ2) is 9.18. The first-order valence-electron chi connectivity index (χ1n) is 8.14. The fourth-order valence-corrected chi connectivity index (χ4v) is 2.35. The van der Waals surface area contributed by atoms with Crippen LogP contribution in [0.5, 0.6) is 0 Å². The summed E-state index contributed by atoms with van der Waals surface area (Å²) in [5.41, 5.74) is -1.79. The van der Waals surface area contributed by atoms with Crippen molar-refractivity contribution >= 4 is 11.8 Å². The summed E-state index contributed by atoms with van der Waals surface area (Å²) in [6.07, 6.45) is 2.03. The standard InChI is InChI=1S/C18H20N4O5/c1-3-10-20-16(24)21(11-4-2)18(26)22(17(20)25)12-13-27-15(23)19-14-8-6-5-7-9-14/h3-9H,1-2,10-13H2,(H,19,23). The molecule has 1 aromatic heterocycles.